The number of nitrogens with two attached hydrogens (primary N) is 1. The predicted molar refractivity (Wildman–Crippen MR) is 78.9 cm³/mol. The number of nitrogens with one attached hydrogen (secondary N) is 1. The van der Waals surface area contributed by atoms with Gasteiger partial charge in [-0.3, -0.25) is 4.79 Å². The standard InChI is InChI=1S/C14H24N2O2S/c15-12(19)14(7-3-1-4-8-14)13(17)16-10-11-6-2-5-9-18-11/h11H,1-10H2,(H2,15,19)(H,16,17). The average Bonchev–Trinajstić information content (AvgIpc) is 2.46. The maximum absolute atomic E-state index is 12.5. The Labute approximate surface area is 120 Å². The summed E-state index contributed by atoms with van der Waals surface area (Å²) in [6, 6.07) is 0. The van der Waals surface area contributed by atoms with Crippen LogP contribution in [0.5, 0.6) is 0 Å². The van der Waals surface area contributed by atoms with Gasteiger partial charge in [-0.25, -0.2) is 0 Å². The first-order valence-electron chi connectivity index (χ1n) is 7.35. The van der Waals surface area contributed by atoms with Gasteiger partial charge in [0.05, 0.1) is 16.5 Å². The number of thiocarbonyl (C=S) groups is 1. The van der Waals surface area contributed by atoms with Crippen LogP contribution in [-0.2, 0) is 9.53 Å². The zero-order valence-corrected chi connectivity index (χ0v) is 12.3. The van der Waals surface area contributed by atoms with Crippen molar-refractivity contribution < 1.29 is 9.53 Å². The summed E-state index contributed by atoms with van der Waals surface area (Å²) in [5.74, 6) is 0.00822. The second-order valence-electron chi connectivity index (χ2n) is 5.71. The highest BCUT2D eigenvalue weighted by molar-refractivity contribution is 7.80. The van der Waals surface area contributed by atoms with E-state index in [1.807, 2.05) is 0 Å². The smallest absolute Gasteiger partial charge is 0.233 e. The first-order chi connectivity index (χ1) is 9.15. The van der Waals surface area contributed by atoms with E-state index in [-0.39, 0.29) is 12.0 Å². The topological polar surface area (TPSA) is 64.4 Å². The number of amides is 1. The summed E-state index contributed by atoms with van der Waals surface area (Å²) in [5, 5.41) is 3.01. The number of carbonyl (C=O) groups is 1. The summed E-state index contributed by atoms with van der Waals surface area (Å²) in [5.41, 5.74) is 5.24. The zero-order valence-electron chi connectivity index (χ0n) is 11.5. The molecule has 0 aromatic carbocycles. The van der Waals surface area contributed by atoms with Gasteiger partial charge in [0, 0.05) is 13.2 Å². The summed E-state index contributed by atoms with van der Waals surface area (Å²) in [7, 11) is 0. The maximum Gasteiger partial charge on any atom is 0.233 e. The molecule has 1 heterocycles. The molecule has 1 amide bonds. The van der Waals surface area contributed by atoms with Gasteiger partial charge in [-0.1, -0.05) is 31.5 Å². The number of hydrogen-bond acceptors (Lipinski definition) is 3. The van der Waals surface area contributed by atoms with E-state index in [9.17, 15) is 4.79 Å². The van der Waals surface area contributed by atoms with Crippen molar-refractivity contribution in [2.75, 3.05) is 13.2 Å². The van der Waals surface area contributed by atoms with Crippen molar-refractivity contribution in [2.45, 2.75) is 57.5 Å². The zero-order chi connectivity index (χ0) is 13.7. The van der Waals surface area contributed by atoms with Crippen LogP contribution in [0.15, 0.2) is 0 Å². The fourth-order valence-electron chi connectivity index (χ4n) is 3.08. The van der Waals surface area contributed by atoms with Crippen LogP contribution in [-0.4, -0.2) is 30.2 Å². The molecular formula is C14H24N2O2S. The number of ether oxygens (including phenoxy) is 1. The third kappa shape index (κ3) is 3.45. The second kappa shape index (κ2) is 6.66. The Kier molecular flexibility index (Phi) is 5.16. The molecule has 1 atom stereocenters. The van der Waals surface area contributed by atoms with Crippen LogP contribution in [0.1, 0.15) is 51.4 Å². The molecule has 1 aliphatic carbocycles. The lowest BCUT2D eigenvalue weighted by molar-refractivity contribution is -0.129. The highest BCUT2D eigenvalue weighted by atomic mass is 32.1. The summed E-state index contributed by atoms with van der Waals surface area (Å²) in [6.45, 7) is 1.39. The molecule has 5 heteroatoms. The predicted octanol–water partition coefficient (Wildman–Crippen LogP) is 1.91. The second-order valence-corrected chi connectivity index (χ2v) is 6.15. The number of carbonyl (C=O) groups excluding carboxylic acids is 1. The normalized spacial score (nSPS) is 26.6. The monoisotopic (exact) mass is 284 g/mol. The van der Waals surface area contributed by atoms with Crippen molar-refractivity contribution in [3.8, 4) is 0 Å². The molecule has 0 bridgehead atoms. The van der Waals surface area contributed by atoms with Gasteiger partial charge in [-0.05, 0) is 32.1 Å². The molecule has 1 saturated heterocycles. The van der Waals surface area contributed by atoms with E-state index in [0.29, 0.717) is 11.5 Å². The quantitative estimate of drug-likeness (QED) is 0.774. The highest BCUT2D eigenvalue weighted by Crippen LogP contribution is 2.37. The van der Waals surface area contributed by atoms with Crippen LogP contribution in [0.4, 0.5) is 0 Å². The van der Waals surface area contributed by atoms with Crippen LogP contribution < -0.4 is 11.1 Å². The van der Waals surface area contributed by atoms with E-state index < -0.39 is 5.41 Å². The van der Waals surface area contributed by atoms with Crippen molar-refractivity contribution in [1.29, 1.82) is 0 Å². The molecule has 4 nitrogen and oxygen atoms in total. The molecule has 1 aliphatic heterocycles. The largest absolute Gasteiger partial charge is 0.392 e. The van der Waals surface area contributed by atoms with Crippen molar-refractivity contribution in [3.63, 3.8) is 0 Å². The van der Waals surface area contributed by atoms with Gasteiger partial charge in [0.2, 0.25) is 5.91 Å². The third-order valence-corrected chi connectivity index (χ3v) is 4.77. The average molecular weight is 284 g/mol. The van der Waals surface area contributed by atoms with Crippen molar-refractivity contribution >= 4 is 23.1 Å². The van der Waals surface area contributed by atoms with Crippen LogP contribution in [0.25, 0.3) is 0 Å². The molecule has 1 unspecified atom stereocenters. The van der Waals surface area contributed by atoms with E-state index in [1.165, 1.54) is 12.8 Å². The minimum absolute atomic E-state index is 0.00822. The summed E-state index contributed by atoms with van der Waals surface area (Å²) < 4.78 is 5.63. The van der Waals surface area contributed by atoms with Gasteiger partial charge in [0.15, 0.2) is 0 Å². The molecule has 2 aliphatic rings. The van der Waals surface area contributed by atoms with Gasteiger partial charge in [0.1, 0.15) is 0 Å². The Morgan fingerprint density at radius 3 is 2.58 bits per heavy atom. The Morgan fingerprint density at radius 2 is 2.00 bits per heavy atom. The lowest BCUT2D eigenvalue weighted by Crippen LogP contribution is -2.51. The third-order valence-electron chi connectivity index (χ3n) is 4.38. The van der Waals surface area contributed by atoms with Crippen LogP contribution in [0.3, 0.4) is 0 Å². The SMILES string of the molecule is NC(=S)C1(C(=O)NCC2CCCCO2)CCCCC1. The number of rotatable bonds is 4. The lowest BCUT2D eigenvalue weighted by atomic mass is 9.73. The number of hydrogen-bond donors (Lipinski definition) is 2. The molecule has 108 valence electrons. The van der Waals surface area contributed by atoms with Gasteiger partial charge in [-0.2, -0.15) is 0 Å². The molecule has 1 saturated carbocycles. The highest BCUT2D eigenvalue weighted by Gasteiger charge is 2.42. The fraction of sp³-hybridized carbons (Fsp3) is 0.857. The lowest BCUT2D eigenvalue weighted by Gasteiger charge is -2.35. The first-order valence-corrected chi connectivity index (χ1v) is 7.76. The molecule has 19 heavy (non-hydrogen) atoms. The Balaban J connectivity index is 1.90. The van der Waals surface area contributed by atoms with E-state index in [2.05, 4.69) is 5.32 Å². The maximum atomic E-state index is 12.5. The minimum atomic E-state index is -0.609. The molecule has 0 radical (unpaired) electrons. The molecule has 0 aromatic heterocycles. The van der Waals surface area contributed by atoms with Crippen molar-refractivity contribution in [3.05, 3.63) is 0 Å². The van der Waals surface area contributed by atoms with Gasteiger partial charge >= 0.3 is 0 Å². The van der Waals surface area contributed by atoms with Crippen molar-refractivity contribution in [2.24, 2.45) is 11.1 Å². The first kappa shape index (κ1) is 14.7. The van der Waals surface area contributed by atoms with Crippen LogP contribution in [0, 0.1) is 5.41 Å². The Bertz CT molecular complexity index is 334. The molecule has 0 aromatic rings. The van der Waals surface area contributed by atoms with Crippen LogP contribution >= 0.6 is 12.2 Å². The van der Waals surface area contributed by atoms with Crippen LogP contribution in [0.2, 0.25) is 0 Å². The summed E-state index contributed by atoms with van der Waals surface area (Å²) in [6.07, 6.45) is 8.31. The molecule has 3 N–H and O–H groups in total. The molecule has 2 rings (SSSR count). The Hall–Kier alpha value is -0.680. The minimum Gasteiger partial charge on any atom is -0.392 e. The van der Waals surface area contributed by atoms with E-state index in [4.69, 9.17) is 22.7 Å². The fourth-order valence-corrected chi connectivity index (χ4v) is 3.38. The van der Waals surface area contributed by atoms with Gasteiger partial charge < -0.3 is 15.8 Å². The van der Waals surface area contributed by atoms with E-state index >= 15 is 0 Å². The summed E-state index contributed by atoms with van der Waals surface area (Å²) in [4.78, 5) is 12.8. The molecular weight excluding hydrogens is 260 g/mol. The van der Waals surface area contributed by atoms with Gasteiger partial charge in [0.25, 0.3) is 0 Å². The van der Waals surface area contributed by atoms with E-state index in [1.54, 1.807) is 0 Å². The molecule has 2 fully saturated rings. The summed E-state index contributed by atoms with van der Waals surface area (Å²) >= 11 is 5.16. The van der Waals surface area contributed by atoms with E-state index in [0.717, 1.165) is 45.1 Å². The van der Waals surface area contributed by atoms with Crippen molar-refractivity contribution in [1.82, 2.24) is 5.32 Å². The Morgan fingerprint density at radius 1 is 1.26 bits per heavy atom. The van der Waals surface area contributed by atoms with Gasteiger partial charge in [-0.15, -0.1) is 0 Å². The molecule has 0 spiro atoms.